The average Bonchev–Trinajstić information content (AvgIpc) is 3.31. The zero-order valence-electron chi connectivity index (χ0n) is 20.7. The predicted molar refractivity (Wildman–Crippen MR) is 144 cm³/mol. The molecule has 184 valence electrons. The van der Waals surface area contributed by atoms with Crippen LogP contribution in [0.1, 0.15) is 61.6 Å². The van der Waals surface area contributed by atoms with E-state index < -0.39 is 0 Å². The summed E-state index contributed by atoms with van der Waals surface area (Å²) in [5.41, 5.74) is 6.76. The van der Waals surface area contributed by atoms with Crippen LogP contribution in [0.5, 0.6) is 0 Å². The monoisotopic (exact) mass is 479 g/mol. The minimum absolute atomic E-state index is 0.00953. The summed E-state index contributed by atoms with van der Waals surface area (Å²) in [5, 5.41) is 6.16. The van der Waals surface area contributed by atoms with Gasteiger partial charge in [-0.3, -0.25) is 14.9 Å². The van der Waals surface area contributed by atoms with E-state index in [-0.39, 0.29) is 6.23 Å². The Morgan fingerprint density at radius 3 is 2.58 bits per heavy atom. The van der Waals surface area contributed by atoms with Gasteiger partial charge in [-0.1, -0.05) is 18.6 Å². The number of rotatable bonds is 6. The van der Waals surface area contributed by atoms with Crippen molar-refractivity contribution in [3.8, 4) is 11.1 Å². The molecule has 36 heavy (non-hydrogen) atoms. The summed E-state index contributed by atoms with van der Waals surface area (Å²) in [5.74, 6) is 0. The van der Waals surface area contributed by atoms with Crippen LogP contribution in [-0.4, -0.2) is 44.3 Å². The van der Waals surface area contributed by atoms with Crippen LogP contribution in [0.25, 0.3) is 34.2 Å². The summed E-state index contributed by atoms with van der Waals surface area (Å²) < 4.78 is 8.18. The lowest BCUT2D eigenvalue weighted by Crippen LogP contribution is -2.29. The fourth-order valence-electron chi connectivity index (χ4n) is 5.36. The number of hydrogen-bond acceptors (Lipinski definition) is 5. The number of fused-ring (bicyclic) bond motifs is 1. The molecule has 0 amide bonds. The third-order valence-electron chi connectivity index (χ3n) is 7.29. The molecule has 0 aliphatic carbocycles. The molecule has 6 heteroatoms. The van der Waals surface area contributed by atoms with Crippen molar-refractivity contribution in [2.75, 3.05) is 19.7 Å². The Morgan fingerprint density at radius 2 is 1.75 bits per heavy atom. The summed E-state index contributed by atoms with van der Waals surface area (Å²) in [7, 11) is 0. The average molecular weight is 480 g/mol. The highest BCUT2D eigenvalue weighted by molar-refractivity contribution is 5.93. The van der Waals surface area contributed by atoms with Gasteiger partial charge in [0, 0.05) is 48.9 Å². The number of ether oxygens (including phenoxy) is 1. The van der Waals surface area contributed by atoms with E-state index in [1.165, 1.54) is 44.3 Å². The number of likely N-dealkylation sites (tertiary alicyclic amines) is 1. The molecular weight excluding hydrogens is 446 g/mol. The standard InChI is InChI=1S/C30H33N5O/c1-3-15-34(16-4-1)22-24-18-26(21-32-20-24)25-8-10-29-27(19-25)28(9-7-23-11-13-31-14-12-23)33-35(29)30-6-2-5-17-36-30/h7-14,18-21,30H,1-6,15-17,22H2/b9-7+. The quantitative estimate of drug-likeness (QED) is 0.323. The number of piperidine rings is 1. The van der Waals surface area contributed by atoms with Gasteiger partial charge in [-0.05, 0) is 98.3 Å². The minimum Gasteiger partial charge on any atom is -0.356 e. The lowest BCUT2D eigenvalue weighted by Gasteiger charge is -2.26. The second-order valence-electron chi connectivity index (χ2n) is 9.92. The third-order valence-corrected chi connectivity index (χ3v) is 7.29. The van der Waals surface area contributed by atoms with Gasteiger partial charge in [0.1, 0.15) is 0 Å². The predicted octanol–water partition coefficient (Wildman–Crippen LogP) is 6.35. The lowest BCUT2D eigenvalue weighted by atomic mass is 10.0. The van der Waals surface area contributed by atoms with Crippen LogP contribution in [0, 0.1) is 0 Å². The van der Waals surface area contributed by atoms with Crippen LogP contribution in [0.4, 0.5) is 0 Å². The lowest BCUT2D eigenvalue weighted by molar-refractivity contribution is -0.0367. The molecule has 4 aromatic rings. The highest BCUT2D eigenvalue weighted by Crippen LogP contribution is 2.32. The van der Waals surface area contributed by atoms with E-state index >= 15 is 0 Å². The summed E-state index contributed by atoms with van der Waals surface area (Å²) in [4.78, 5) is 11.3. The number of hydrogen-bond donors (Lipinski definition) is 0. The molecule has 3 aromatic heterocycles. The van der Waals surface area contributed by atoms with Crippen LogP contribution in [0.2, 0.25) is 0 Å². The van der Waals surface area contributed by atoms with Crippen LogP contribution >= 0.6 is 0 Å². The number of aromatic nitrogens is 4. The van der Waals surface area contributed by atoms with Crippen molar-refractivity contribution in [3.05, 3.63) is 78.0 Å². The molecule has 0 spiro atoms. The SMILES string of the molecule is C(=C\c1nn(C2CCCCO2)c2ccc(-c3cncc(CN4CCCCC4)c3)cc12)/c1ccncc1. The smallest absolute Gasteiger partial charge is 0.150 e. The van der Waals surface area contributed by atoms with Crippen molar-refractivity contribution in [2.24, 2.45) is 0 Å². The summed E-state index contributed by atoms with van der Waals surface area (Å²) in [6.07, 6.45) is 19.0. The molecule has 1 atom stereocenters. The van der Waals surface area contributed by atoms with Crippen molar-refractivity contribution in [2.45, 2.75) is 51.3 Å². The van der Waals surface area contributed by atoms with E-state index in [4.69, 9.17) is 9.84 Å². The molecule has 2 saturated heterocycles. The summed E-state index contributed by atoms with van der Waals surface area (Å²) in [6.45, 7) is 4.14. The van der Waals surface area contributed by atoms with Crippen LogP contribution < -0.4 is 0 Å². The second-order valence-corrected chi connectivity index (χ2v) is 9.92. The van der Waals surface area contributed by atoms with Gasteiger partial charge in [-0.15, -0.1) is 0 Å². The first-order valence-corrected chi connectivity index (χ1v) is 13.2. The zero-order chi connectivity index (χ0) is 24.2. The summed E-state index contributed by atoms with van der Waals surface area (Å²) in [6, 6.07) is 13.0. The Morgan fingerprint density at radius 1 is 0.861 bits per heavy atom. The molecule has 0 bridgehead atoms. The van der Waals surface area contributed by atoms with Gasteiger partial charge in [0.15, 0.2) is 6.23 Å². The molecule has 0 saturated carbocycles. The van der Waals surface area contributed by atoms with Crippen molar-refractivity contribution in [1.29, 1.82) is 0 Å². The Kier molecular flexibility index (Phi) is 6.87. The van der Waals surface area contributed by atoms with Crippen molar-refractivity contribution >= 4 is 23.1 Å². The summed E-state index contributed by atoms with van der Waals surface area (Å²) >= 11 is 0. The van der Waals surface area contributed by atoms with Gasteiger partial charge in [-0.2, -0.15) is 5.10 Å². The fraction of sp³-hybridized carbons (Fsp3) is 0.367. The molecule has 2 aliphatic rings. The van der Waals surface area contributed by atoms with Crippen molar-refractivity contribution < 1.29 is 4.74 Å². The van der Waals surface area contributed by atoms with E-state index in [0.29, 0.717) is 0 Å². The Labute approximate surface area is 212 Å². The van der Waals surface area contributed by atoms with Gasteiger partial charge in [-0.25, -0.2) is 4.68 Å². The molecular formula is C30H33N5O. The first-order valence-electron chi connectivity index (χ1n) is 13.2. The maximum absolute atomic E-state index is 6.10. The Hall–Kier alpha value is -3.35. The van der Waals surface area contributed by atoms with E-state index in [1.54, 1.807) is 0 Å². The maximum Gasteiger partial charge on any atom is 0.150 e. The first kappa shape index (κ1) is 23.1. The van der Waals surface area contributed by atoms with Crippen molar-refractivity contribution in [1.82, 2.24) is 24.6 Å². The van der Waals surface area contributed by atoms with Crippen molar-refractivity contribution in [3.63, 3.8) is 0 Å². The fourth-order valence-corrected chi connectivity index (χ4v) is 5.36. The molecule has 0 N–H and O–H groups in total. The molecule has 1 unspecified atom stereocenters. The van der Waals surface area contributed by atoms with Gasteiger partial charge in [0.2, 0.25) is 0 Å². The number of nitrogens with zero attached hydrogens (tertiary/aromatic N) is 5. The molecule has 2 aliphatic heterocycles. The minimum atomic E-state index is -0.00953. The van der Waals surface area contributed by atoms with Crippen LogP contribution in [0.15, 0.2) is 61.2 Å². The highest BCUT2D eigenvalue weighted by Gasteiger charge is 2.21. The third kappa shape index (κ3) is 5.11. The van der Waals surface area contributed by atoms with Gasteiger partial charge < -0.3 is 4.74 Å². The number of pyridine rings is 2. The van der Waals surface area contributed by atoms with E-state index in [9.17, 15) is 0 Å². The molecule has 6 nitrogen and oxygen atoms in total. The van der Waals surface area contributed by atoms with Gasteiger partial charge in [0.25, 0.3) is 0 Å². The Balaban J connectivity index is 1.36. The number of benzene rings is 1. The van der Waals surface area contributed by atoms with E-state index in [2.05, 4.69) is 56.0 Å². The topological polar surface area (TPSA) is 56.1 Å². The first-order chi connectivity index (χ1) is 17.8. The molecule has 6 rings (SSSR count). The zero-order valence-corrected chi connectivity index (χ0v) is 20.7. The van der Waals surface area contributed by atoms with E-state index in [0.717, 1.165) is 59.3 Å². The van der Waals surface area contributed by atoms with Gasteiger partial charge >= 0.3 is 0 Å². The normalized spacial score (nSPS) is 19.3. The maximum atomic E-state index is 6.10. The molecule has 1 aromatic carbocycles. The van der Waals surface area contributed by atoms with Gasteiger partial charge in [0.05, 0.1) is 11.2 Å². The van der Waals surface area contributed by atoms with Crippen LogP contribution in [-0.2, 0) is 11.3 Å². The van der Waals surface area contributed by atoms with E-state index in [1.807, 2.05) is 36.9 Å². The largest absolute Gasteiger partial charge is 0.356 e. The second kappa shape index (κ2) is 10.7. The molecule has 2 fully saturated rings. The van der Waals surface area contributed by atoms with Crippen LogP contribution in [0.3, 0.4) is 0 Å². The Bertz CT molecular complexity index is 1330. The highest BCUT2D eigenvalue weighted by atomic mass is 16.5. The molecule has 5 heterocycles. The molecule has 0 radical (unpaired) electrons.